The number of nitrogens with one attached hydrogen (secondary N) is 1. The SMILES string of the molecule is Cc1nn(C(C)C)c(NCC(O)C(N)=O)c1N. The molecule has 0 aliphatic carbocycles. The zero-order valence-corrected chi connectivity index (χ0v) is 10.3. The second kappa shape index (κ2) is 5.05. The molecule has 1 unspecified atom stereocenters. The topological polar surface area (TPSA) is 119 Å². The fraction of sp³-hybridized carbons (Fsp3) is 0.600. The number of amides is 1. The van der Waals surface area contributed by atoms with Gasteiger partial charge in [-0.15, -0.1) is 0 Å². The third kappa shape index (κ3) is 2.88. The standard InChI is InChI=1S/C10H19N5O2/c1-5(2)15-10(8(11)6(3)14-15)13-4-7(16)9(12)17/h5,7,13,16H,4,11H2,1-3H3,(H2,12,17). The van der Waals surface area contributed by atoms with Crippen LogP contribution < -0.4 is 16.8 Å². The van der Waals surface area contributed by atoms with Crippen LogP contribution in [0.4, 0.5) is 11.5 Å². The summed E-state index contributed by atoms with van der Waals surface area (Å²) in [6.07, 6.45) is -1.25. The Bertz CT molecular complexity index is 413. The fourth-order valence-corrected chi connectivity index (χ4v) is 1.40. The van der Waals surface area contributed by atoms with E-state index in [2.05, 4.69) is 10.4 Å². The number of nitrogen functional groups attached to an aromatic ring is 1. The van der Waals surface area contributed by atoms with Gasteiger partial charge in [0.2, 0.25) is 5.91 Å². The number of carbonyl (C=O) groups is 1. The lowest BCUT2D eigenvalue weighted by Crippen LogP contribution is -2.34. The first-order valence-corrected chi connectivity index (χ1v) is 5.40. The van der Waals surface area contributed by atoms with Gasteiger partial charge in [-0.25, -0.2) is 4.68 Å². The van der Waals surface area contributed by atoms with E-state index < -0.39 is 12.0 Å². The van der Waals surface area contributed by atoms with Crippen molar-refractivity contribution >= 4 is 17.4 Å². The number of aliphatic hydroxyl groups excluding tert-OH is 1. The monoisotopic (exact) mass is 241 g/mol. The van der Waals surface area contributed by atoms with Crippen LogP contribution in [0.1, 0.15) is 25.6 Å². The molecule has 1 rings (SSSR count). The molecule has 7 nitrogen and oxygen atoms in total. The molecule has 0 radical (unpaired) electrons. The second-order valence-electron chi connectivity index (χ2n) is 4.19. The third-order valence-corrected chi connectivity index (χ3v) is 2.41. The van der Waals surface area contributed by atoms with Crippen molar-refractivity contribution in [2.75, 3.05) is 17.6 Å². The molecule has 1 heterocycles. The molecular formula is C10H19N5O2. The van der Waals surface area contributed by atoms with Crippen molar-refractivity contribution in [3.8, 4) is 0 Å². The van der Waals surface area contributed by atoms with Crippen LogP contribution in [0.25, 0.3) is 0 Å². The van der Waals surface area contributed by atoms with Gasteiger partial charge in [-0.1, -0.05) is 0 Å². The van der Waals surface area contributed by atoms with Crippen molar-refractivity contribution in [1.29, 1.82) is 0 Å². The summed E-state index contributed by atoms with van der Waals surface area (Å²) in [6.45, 7) is 5.73. The number of aliphatic hydroxyl groups is 1. The highest BCUT2D eigenvalue weighted by Gasteiger charge is 2.17. The predicted molar refractivity (Wildman–Crippen MR) is 65.5 cm³/mol. The van der Waals surface area contributed by atoms with Crippen molar-refractivity contribution in [2.45, 2.75) is 32.9 Å². The number of anilines is 2. The van der Waals surface area contributed by atoms with E-state index in [4.69, 9.17) is 11.5 Å². The van der Waals surface area contributed by atoms with Crippen LogP contribution in [0, 0.1) is 6.92 Å². The third-order valence-electron chi connectivity index (χ3n) is 2.41. The van der Waals surface area contributed by atoms with Crippen LogP contribution in [0.15, 0.2) is 0 Å². The van der Waals surface area contributed by atoms with E-state index in [1.54, 1.807) is 11.6 Å². The van der Waals surface area contributed by atoms with Crippen molar-refractivity contribution in [1.82, 2.24) is 9.78 Å². The van der Waals surface area contributed by atoms with E-state index in [1.807, 2.05) is 13.8 Å². The van der Waals surface area contributed by atoms with Crippen molar-refractivity contribution in [3.05, 3.63) is 5.69 Å². The highest BCUT2D eigenvalue weighted by molar-refractivity contribution is 5.79. The largest absolute Gasteiger partial charge is 0.394 e. The van der Waals surface area contributed by atoms with Gasteiger partial charge in [-0.2, -0.15) is 5.10 Å². The van der Waals surface area contributed by atoms with Crippen LogP contribution in [-0.4, -0.2) is 33.4 Å². The molecule has 0 bridgehead atoms. The summed E-state index contributed by atoms with van der Waals surface area (Å²) in [6, 6.07) is 0.124. The minimum absolute atomic E-state index is 0.0113. The molecule has 0 saturated carbocycles. The van der Waals surface area contributed by atoms with Gasteiger partial charge >= 0.3 is 0 Å². The maximum absolute atomic E-state index is 10.7. The second-order valence-corrected chi connectivity index (χ2v) is 4.19. The zero-order valence-electron chi connectivity index (χ0n) is 10.3. The highest BCUT2D eigenvalue weighted by Crippen LogP contribution is 2.25. The van der Waals surface area contributed by atoms with E-state index in [9.17, 15) is 9.90 Å². The molecular weight excluding hydrogens is 222 g/mol. The van der Waals surface area contributed by atoms with Crippen molar-refractivity contribution < 1.29 is 9.90 Å². The number of hydrogen-bond acceptors (Lipinski definition) is 5. The Kier molecular flexibility index (Phi) is 3.95. The molecule has 1 aromatic rings. The number of rotatable bonds is 5. The summed E-state index contributed by atoms with van der Waals surface area (Å²) in [5, 5.41) is 16.5. The average Bonchev–Trinajstić information content (AvgIpc) is 2.52. The molecule has 0 aromatic carbocycles. The van der Waals surface area contributed by atoms with Gasteiger partial charge in [-0.3, -0.25) is 4.79 Å². The number of aryl methyl sites for hydroxylation is 1. The minimum Gasteiger partial charge on any atom is -0.394 e. The molecule has 0 spiro atoms. The molecule has 6 N–H and O–H groups in total. The lowest BCUT2D eigenvalue weighted by Gasteiger charge is -2.14. The Hall–Kier alpha value is -1.76. The molecule has 0 aliphatic rings. The maximum Gasteiger partial charge on any atom is 0.248 e. The highest BCUT2D eigenvalue weighted by atomic mass is 16.3. The quantitative estimate of drug-likeness (QED) is 0.560. The molecule has 7 heteroatoms. The van der Waals surface area contributed by atoms with E-state index in [0.717, 1.165) is 0 Å². The summed E-state index contributed by atoms with van der Waals surface area (Å²) >= 11 is 0. The first-order chi connectivity index (χ1) is 7.84. The van der Waals surface area contributed by atoms with Crippen LogP contribution in [0.2, 0.25) is 0 Å². The summed E-state index contributed by atoms with van der Waals surface area (Å²) in [4.78, 5) is 10.7. The van der Waals surface area contributed by atoms with Crippen LogP contribution in [0.5, 0.6) is 0 Å². The number of nitrogens with zero attached hydrogens (tertiary/aromatic N) is 2. The Labute approximate surface area is 99.8 Å². The van der Waals surface area contributed by atoms with Crippen LogP contribution in [-0.2, 0) is 4.79 Å². The van der Waals surface area contributed by atoms with Gasteiger partial charge in [0.25, 0.3) is 0 Å². The fourth-order valence-electron chi connectivity index (χ4n) is 1.40. The van der Waals surface area contributed by atoms with Gasteiger partial charge < -0.3 is 21.9 Å². The van der Waals surface area contributed by atoms with Crippen molar-refractivity contribution in [3.63, 3.8) is 0 Å². The van der Waals surface area contributed by atoms with Gasteiger partial charge in [0.1, 0.15) is 11.9 Å². The molecule has 0 saturated heterocycles. The molecule has 1 aromatic heterocycles. The average molecular weight is 241 g/mol. The molecule has 0 aliphatic heterocycles. The van der Waals surface area contributed by atoms with E-state index in [0.29, 0.717) is 17.2 Å². The number of primary amides is 1. The van der Waals surface area contributed by atoms with E-state index in [-0.39, 0.29) is 12.6 Å². The van der Waals surface area contributed by atoms with E-state index in [1.165, 1.54) is 0 Å². The van der Waals surface area contributed by atoms with Gasteiger partial charge in [-0.05, 0) is 20.8 Å². The number of aromatic nitrogens is 2. The molecule has 17 heavy (non-hydrogen) atoms. The van der Waals surface area contributed by atoms with Crippen LogP contribution >= 0.6 is 0 Å². The first-order valence-electron chi connectivity index (χ1n) is 5.40. The smallest absolute Gasteiger partial charge is 0.248 e. The molecule has 0 fully saturated rings. The Morgan fingerprint density at radius 3 is 2.65 bits per heavy atom. The lowest BCUT2D eigenvalue weighted by molar-refractivity contribution is -0.125. The number of carbonyl (C=O) groups excluding carboxylic acids is 1. The summed E-state index contributed by atoms with van der Waals surface area (Å²) < 4.78 is 1.71. The summed E-state index contributed by atoms with van der Waals surface area (Å²) in [7, 11) is 0. The Morgan fingerprint density at radius 1 is 1.59 bits per heavy atom. The lowest BCUT2D eigenvalue weighted by atomic mass is 10.3. The van der Waals surface area contributed by atoms with Gasteiger partial charge in [0, 0.05) is 6.04 Å². The maximum atomic E-state index is 10.7. The summed E-state index contributed by atoms with van der Waals surface area (Å²) in [5.41, 5.74) is 12.0. The minimum atomic E-state index is -1.25. The molecule has 1 amide bonds. The van der Waals surface area contributed by atoms with Crippen LogP contribution in [0.3, 0.4) is 0 Å². The number of nitrogens with two attached hydrogens (primary N) is 2. The molecule has 96 valence electrons. The predicted octanol–water partition coefficient (Wildman–Crippen LogP) is -0.387. The normalized spacial score (nSPS) is 12.8. The Balaban J connectivity index is 2.86. The molecule has 1 atom stereocenters. The van der Waals surface area contributed by atoms with Gasteiger partial charge in [0.15, 0.2) is 0 Å². The van der Waals surface area contributed by atoms with E-state index >= 15 is 0 Å². The summed E-state index contributed by atoms with van der Waals surface area (Å²) in [5.74, 6) is -0.179. The van der Waals surface area contributed by atoms with Crippen molar-refractivity contribution in [2.24, 2.45) is 5.73 Å². The zero-order chi connectivity index (χ0) is 13.2. The first kappa shape index (κ1) is 13.3. The number of hydrogen-bond donors (Lipinski definition) is 4. The van der Waals surface area contributed by atoms with Gasteiger partial charge in [0.05, 0.1) is 17.9 Å². The Morgan fingerprint density at radius 2 is 2.18 bits per heavy atom.